The Morgan fingerprint density at radius 2 is 0.744 bits per heavy atom. The summed E-state index contributed by atoms with van der Waals surface area (Å²) < 4.78 is 50.5. The van der Waals surface area contributed by atoms with Crippen molar-refractivity contribution in [3.63, 3.8) is 0 Å². The van der Waals surface area contributed by atoms with E-state index in [1.54, 1.807) is 79.7 Å². The summed E-state index contributed by atoms with van der Waals surface area (Å²) >= 11 is 0. The molecular weight excluding hydrogens is 1090 g/mol. The molecule has 0 aromatic heterocycles. The number of fused-ring (bicyclic) bond motifs is 2. The molecule has 0 radical (unpaired) electrons. The highest BCUT2D eigenvalue weighted by Crippen LogP contribution is 2.58. The van der Waals surface area contributed by atoms with Crippen molar-refractivity contribution >= 4 is 78.7 Å². The lowest BCUT2D eigenvalue weighted by Crippen LogP contribution is -2.51. The van der Waals surface area contributed by atoms with Crippen LogP contribution >= 0.6 is 0 Å². The third kappa shape index (κ3) is 10.6. The SMILES string of the molecule is CCOCOC(=O)C(CC(C)C)N1C(=O)c2cc(Oc3ccc(C)cc3)c3c4c(Oc5ccc(C)cc5)cc5c6c(cc(Oc7ccc(C)cc7)c(c7c(Oc8ccc(C)cc8)cc(c2c37)C1=O)c64)C(=O)N(C(CC(C)C)C(=O)OCC1CO1)C5=O. The fourth-order valence-corrected chi connectivity index (χ4v) is 11.6. The van der Waals surface area contributed by atoms with Gasteiger partial charge in [-0.05, 0) is 132 Å². The first-order valence-corrected chi connectivity index (χ1v) is 29.0. The van der Waals surface area contributed by atoms with Gasteiger partial charge >= 0.3 is 11.9 Å². The molecule has 0 N–H and O–H groups in total. The average molecular weight is 1160 g/mol. The van der Waals surface area contributed by atoms with Gasteiger partial charge in [-0.25, -0.2) is 9.59 Å². The number of rotatable bonds is 21. The van der Waals surface area contributed by atoms with E-state index in [4.69, 9.17) is 37.9 Å². The summed E-state index contributed by atoms with van der Waals surface area (Å²) in [7, 11) is 0. The summed E-state index contributed by atoms with van der Waals surface area (Å²) in [5.74, 6) is -3.19. The van der Waals surface area contributed by atoms with Gasteiger partial charge in [0.15, 0.2) is 6.79 Å². The molecule has 4 amide bonds. The van der Waals surface area contributed by atoms with E-state index in [9.17, 15) is 9.59 Å². The van der Waals surface area contributed by atoms with Gasteiger partial charge in [0.1, 0.15) is 70.8 Å². The third-order valence-corrected chi connectivity index (χ3v) is 15.8. The van der Waals surface area contributed by atoms with Crippen LogP contribution in [0.4, 0.5) is 0 Å². The Labute approximate surface area is 496 Å². The number of carbonyl (C=O) groups is 6. The van der Waals surface area contributed by atoms with E-state index in [0.29, 0.717) is 61.9 Å². The molecule has 0 aliphatic carbocycles. The predicted octanol–water partition coefficient (Wildman–Crippen LogP) is 14.6. The van der Waals surface area contributed by atoms with Crippen LogP contribution in [0.2, 0.25) is 0 Å². The van der Waals surface area contributed by atoms with Gasteiger partial charge in [0.25, 0.3) is 23.6 Å². The van der Waals surface area contributed by atoms with Crippen molar-refractivity contribution in [2.24, 2.45) is 11.8 Å². The molecule has 16 heteroatoms. The molecule has 438 valence electrons. The first-order valence-electron chi connectivity index (χ1n) is 29.0. The summed E-state index contributed by atoms with van der Waals surface area (Å²) in [6.45, 7) is 17.3. The second kappa shape index (κ2) is 22.9. The van der Waals surface area contributed by atoms with Gasteiger partial charge in [-0.15, -0.1) is 0 Å². The van der Waals surface area contributed by atoms with Gasteiger partial charge in [-0.3, -0.25) is 29.0 Å². The molecule has 0 bridgehead atoms. The van der Waals surface area contributed by atoms with Gasteiger partial charge in [0, 0.05) is 49.7 Å². The number of nitrogens with zero attached hydrogens (tertiary/aromatic N) is 2. The number of carbonyl (C=O) groups excluding carboxylic acids is 6. The zero-order chi connectivity index (χ0) is 60.4. The van der Waals surface area contributed by atoms with Crippen molar-refractivity contribution in [2.75, 3.05) is 26.6 Å². The molecule has 0 spiro atoms. The lowest BCUT2D eigenvalue weighted by molar-refractivity contribution is -0.161. The molecule has 3 heterocycles. The number of hydrogen-bond acceptors (Lipinski definition) is 14. The molecule has 0 saturated carbocycles. The first kappa shape index (κ1) is 57.1. The number of benzene rings is 9. The minimum absolute atomic E-state index is 0.0170. The second-order valence-electron chi connectivity index (χ2n) is 23.3. The summed E-state index contributed by atoms with van der Waals surface area (Å²) in [5, 5.41) is 2.26. The molecule has 3 unspecified atom stereocenters. The van der Waals surface area contributed by atoms with Crippen molar-refractivity contribution in [3.8, 4) is 46.0 Å². The highest BCUT2D eigenvalue weighted by molar-refractivity contribution is 6.45. The first-order chi connectivity index (χ1) is 41.4. The van der Waals surface area contributed by atoms with Gasteiger partial charge in [-0.1, -0.05) is 98.5 Å². The van der Waals surface area contributed by atoms with Crippen LogP contribution in [-0.4, -0.2) is 90.2 Å². The predicted molar refractivity (Wildman–Crippen MR) is 323 cm³/mol. The fraction of sp³-hybridized carbons (Fsp3) is 0.286. The Morgan fingerprint density at radius 3 is 1.01 bits per heavy atom. The van der Waals surface area contributed by atoms with E-state index in [1.165, 1.54) is 0 Å². The van der Waals surface area contributed by atoms with Crippen molar-refractivity contribution in [2.45, 2.75) is 93.3 Å². The lowest BCUT2D eigenvalue weighted by atomic mass is 9.80. The summed E-state index contributed by atoms with van der Waals surface area (Å²) in [6, 6.07) is 32.9. The third-order valence-electron chi connectivity index (χ3n) is 15.8. The van der Waals surface area contributed by atoms with Gasteiger partial charge in [-0.2, -0.15) is 0 Å². The number of esters is 2. The molecule has 1 saturated heterocycles. The Balaban J connectivity index is 1.26. The molecule has 12 rings (SSSR count). The standard InChI is InChI=1S/C70H64N2O14/c1-10-79-35-82-70(78)52(28-37(4)5)72-67(75)49-31-55(85-44-23-15-40(8)16-24-44)61-59-53(83-42-19-11-38(6)12-20-42)29-47-57-48(66(74)71(65(47)73)51(27-36(2)3)69(77)81-34-46-33-80-46)30-54(84-43-21-13-39(7)14-22-43)60(63(57)59)62-56(86-45-25-17-41(9)18-26-45)32-50(68(72)76)58(49)64(61)62/h11-26,29-32,36-37,46,51-52H,10,27-28,33-35H2,1-9H3. The van der Waals surface area contributed by atoms with E-state index >= 15 is 19.2 Å². The van der Waals surface area contributed by atoms with Crippen molar-refractivity contribution in [1.29, 1.82) is 0 Å². The minimum atomic E-state index is -1.39. The van der Waals surface area contributed by atoms with Crippen LogP contribution in [0.5, 0.6) is 46.0 Å². The molecule has 3 atom stereocenters. The maximum Gasteiger partial charge on any atom is 0.331 e. The van der Waals surface area contributed by atoms with Crippen LogP contribution < -0.4 is 18.9 Å². The summed E-state index contributed by atoms with van der Waals surface area (Å²) in [6.07, 6.45) is -0.150. The van der Waals surface area contributed by atoms with Crippen LogP contribution in [0.1, 0.15) is 111 Å². The van der Waals surface area contributed by atoms with Gasteiger partial charge < -0.3 is 37.9 Å². The molecule has 3 aliphatic rings. The maximum absolute atomic E-state index is 15.9. The van der Waals surface area contributed by atoms with E-state index in [2.05, 4.69) is 0 Å². The molecule has 3 aliphatic heterocycles. The smallest absolute Gasteiger partial charge is 0.331 e. The molecule has 86 heavy (non-hydrogen) atoms. The summed E-state index contributed by atoms with van der Waals surface area (Å²) in [4.78, 5) is 94.1. The highest BCUT2D eigenvalue weighted by Gasteiger charge is 2.47. The average Bonchev–Trinajstić information content (AvgIpc) is 1.35. The van der Waals surface area contributed by atoms with Crippen molar-refractivity contribution in [3.05, 3.63) is 166 Å². The Hall–Kier alpha value is -9.38. The van der Waals surface area contributed by atoms with Gasteiger partial charge in [0.2, 0.25) is 0 Å². The molecule has 1 fully saturated rings. The zero-order valence-electron chi connectivity index (χ0n) is 49.3. The molecule has 16 nitrogen and oxygen atoms in total. The van der Waals surface area contributed by atoms with Crippen LogP contribution in [0.15, 0.2) is 121 Å². The number of amides is 4. The van der Waals surface area contributed by atoms with Crippen LogP contribution in [0.3, 0.4) is 0 Å². The second-order valence-corrected chi connectivity index (χ2v) is 23.3. The minimum Gasteiger partial charge on any atom is -0.461 e. The topological polar surface area (TPSA) is 186 Å². The van der Waals surface area contributed by atoms with Crippen LogP contribution in [0.25, 0.3) is 43.1 Å². The molecule has 9 aromatic carbocycles. The normalized spacial score (nSPS) is 15.4. The van der Waals surface area contributed by atoms with Crippen molar-refractivity contribution < 1.29 is 66.7 Å². The van der Waals surface area contributed by atoms with Crippen LogP contribution in [-0.2, 0) is 28.5 Å². The Morgan fingerprint density at radius 1 is 0.453 bits per heavy atom. The maximum atomic E-state index is 15.9. The largest absolute Gasteiger partial charge is 0.461 e. The number of aryl methyl sites for hydroxylation is 4. The number of imide groups is 2. The Bertz CT molecular complexity index is 3980. The van der Waals surface area contributed by atoms with E-state index < -0.39 is 54.4 Å². The molecule has 9 aromatic rings. The number of hydrogen-bond donors (Lipinski definition) is 0. The quantitative estimate of drug-likeness (QED) is 0.0126. The fourth-order valence-electron chi connectivity index (χ4n) is 11.6. The van der Waals surface area contributed by atoms with E-state index in [1.807, 2.05) is 104 Å². The van der Waals surface area contributed by atoms with Gasteiger partial charge in [0.05, 0.1) is 28.9 Å². The number of epoxide rings is 1. The lowest BCUT2D eigenvalue weighted by Gasteiger charge is -2.36. The van der Waals surface area contributed by atoms with Crippen LogP contribution in [0, 0.1) is 39.5 Å². The molecular formula is C70H64N2O14. The van der Waals surface area contributed by atoms with Crippen molar-refractivity contribution in [1.82, 2.24) is 9.80 Å². The van der Waals surface area contributed by atoms with E-state index in [0.717, 1.165) is 32.1 Å². The zero-order valence-corrected chi connectivity index (χ0v) is 49.3. The monoisotopic (exact) mass is 1160 g/mol. The van der Waals surface area contributed by atoms with E-state index in [-0.39, 0.29) is 100 Å². The number of ether oxygens (including phenoxy) is 8. The highest BCUT2D eigenvalue weighted by atomic mass is 16.7. The Kier molecular flexibility index (Phi) is 15.2. The summed E-state index contributed by atoms with van der Waals surface area (Å²) in [5.41, 5.74) is 3.87.